The van der Waals surface area contributed by atoms with Gasteiger partial charge in [-0.05, 0) is 34.3 Å². The van der Waals surface area contributed by atoms with Gasteiger partial charge in [-0.3, -0.25) is 11.3 Å². The maximum Gasteiger partial charge on any atom is 0.173 e. The van der Waals surface area contributed by atoms with Crippen molar-refractivity contribution in [2.75, 3.05) is 0 Å². The number of furan rings is 1. The summed E-state index contributed by atoms with van der Waals surface area (Å²) < 4.78 is 6.06. The number of nitrogens with one attached hydrogen (secondary N) is 1. The minimum absolute atomic E-state index is 0.205. The van der Waals surface area contributed by atoms with Crippen molar-refractivity contribution in [3.8, 4) is 0 Å². The molecule has 0 radical (unpaired) electrons. The fraction of sp³-hybridized carbons (Fsp3) is 0.667. The third kappa shape index (κ3) is 2.87. The largest absolute Gasteiger partial charge is 0.457 e. The molecule has 1 heterocycles. The lowest BCUT2D eigenvalue weighted by molar-refractivity contribution is 0.299. The second-order valence-electron chi connectivity index (χ2n) is 4.61. The van der Waals surface area contributed by atoms with Gasteiger partial charge in [0.1, 0.15) is 0 Å². The molecule has 0 amide bonds. The monoisotopic (exact) mass is 286 g/mol. The molecular weight excluding hydrogens is 268 g/mol. The Balaban J connectivity index is 1.97. The van der Waals surface area contributed by atoms with Crippen molar-refractivity contribution in [3.63, 3.8) is 0 Å². The van der Waals surface area contributed by atoms with Crippen LogP contribution < -0.4 is 11.3 Å². The summed E-state index contributed by atoms with van der Waals surface area (Å²) in [7, 11) is 0. The molecular formula is C12H19BrN2O. The van der Waals surface area contributed by atoms with Crippen LogP contribution >= 0.6 is 15.9 Å². The van der Waals surface area contributed by atoms with Gasteiger partial charge in [-0.1, -0.05) is 32.1 Å². The highest BCUT2D eigenvalue weighted by Gasteiger charge is 2.21. The molecule has 90 valence electrons. The Bertz CT molecular complexity index is 321. The molecule has 1 aromatic heterocycles. The molecule has 3 nitrogen and oxygen atoms in total. The van der Waals surface area contributed by atoms with E-state index in [2.05, 4.69) is 21.4 Å². The van der Waals surface area contributed by atoms with E-state index >= 15 is 0 Å². The van der Waals surface area contributed by atoms with Crippen LogP contribution in [0.2, 0.25) is 0 Å². The molecule has 0 bridgehead atoms. The van der Waals surface area contributed by atoms with Crippen LogP contribution in [0.3, 0.4) is 0 Å². The Labute approximate surface area is 105 Å². The van der Waals surface area contributed by atoms with Gasteiger partial charge in [0.25, 0.3) is 0 Å². The third-order valence-electron chi connectivity index (χ3n) is 3.52. The van der Waals surface area contributed by atoms with Gasteiger partial charge >= 0.3 is 0 Å². The number of halogens is 1. The molecule has 1 unspecified atom stereocenters. The maximum atomic E-state index is 5.64. The molecule has 1 aromatic rings. The summed E-state index contributed by atoms with van der Waals surface area (Å²) >= 11 is 3.41. The van der Waals surface area contributed by atoms with Gasteiger partial charge in [0.15, 0.2) is 4.67 Å². The van der Waals surface area contributed by atoms with Crippen molar-refractivity contribution in [1.82, 2.24) is 5.43 Å². The summed E-state index contributed by atoms with van der Waals surface area (Å²) in [5.74, 6) is 6.44. The number of hydrazine groups is 1. The van der Waals surface area contributed by atoms with Crippen molar-refractivity contribution in [2.45, 2.75) is 44.6 Å². The Morgan fingerprint density at radius 3 is 2.75 bits per heavy atom. The molecule has 1 saturated carbocycles. The van der Waals surface area contributed by atoms with E-state index in [0.29, 0.717) is 0 Å². The first-order valence-corrected chi connectivity index (χ1v) is 6.79. The normalized spacial score (nSPS) is 19.9. The molecule has 1 atom stereocenters. The first kappa shape index (κ1) is 12.1. The van der Waals surface area contributed by atoms with Gasteiger partial charge < -0.3 is 4.42 Å². The number of nitrogens with two attached hydrogens (primary N) is 1. The Hall–Kier alpha value is -0.320. The van der Waals surface area contributed by atoms with E-state index in [-0.39, 0.29) is 6.04 Å². The first-order chi connectivity index (χ1) is 7.81. The highest BCUT2D eigenvalue weighted by Crippen LogP contribution is 2.34. The van der Waals surface area contributed by atoms with Crippen LogP contribution in [0.4, 0.5) is 0 Å². The molecule has 3 N–H and O–H groups in total. The molecule has 1 aliphatic carbocycles. The Kier molecular flexibility index (Phi) is 4.44. The highest BCUT2D eigenvalue weighted by molar-refractivity contribution is 9.10. The fourth-order valence-corrected chi connectivity index (χ4v) is 3.11. The molecule has 1 aliphatic rings. The zero-order chi connectivity index (χ0) is 11.4. The zero-order valence-electron chi connectivity index (χ0n) is 9.42. The average molecular weight is 287 g/mol. The van der Waals surface area contributed by atoms with E-state index < -0.39 is 0 Å². The van der Waals surface area contributed by atoms with E-state index in [1.54, 1.807) is 6.26 Å². The van der Waals surface area contributed by atoms with Gasteiger partial charge in [0.2, 0.25) is 0 Å². The van der Waals surface area contributed by atoms with E-state index in [1.165, 1.54) is 32.1 Å². The minimum Gasteiger partial charge on any atom is -0.457 e. The van der Waals surface area contributed by atoms with Crippen LogP contribution in [0.25, 0.3) is 0 Å². The molecule has 16 heavy (non-hydrogen) atoms. The summed E-state index contributed by atoms with van der Waals surface area (Å²) in [6.07, 6.45) is 9.62. The van der Waals surface area contributed by atoms with E-state index in [0.717, 1.165) is 22.6 Å². The van der Waals surface area contributed by atoms with Crippen molar-refractivity contribution in [3.05, 3.63) is 22.6 Å². The van der Waals surface area contributed by atoms with Gasteiger partial charge in [-0.2, -0.15) is 0 Å². The maximum absolute atomic E-state index is 5.64. The summed E-state index contributed by atoms with van der Waals surface area (Å²) in [6.45, 7) is 0. The van der Waals surface area contributed by atoms with Crippen LogP contribution in [0.15, 0.2) is 21.4 Å². The SMILES string of the molecule is NNC(CC1CCCCC1)c1ccoc1Br. The van der Waals surface area contributed by atoms with Crippen molar-refractivity contribution >= 4 is 15.9 Å². The fourth-order valence-electron chi connectivity index (χ4n) is 2.59. The predicted octanol–water partition coefficient (Wildman–Crippen LogP) is 3.52. The molecule has 0 aromatic carbocycles. The number of rotatable bonds is 4. The number of hydrogen-bond donors (Lipinski definition) is 2. The number of hydrogen-bond acceptors (Lipinski definition) is 3. The van der Waals surface area contributed by atoms with Crippen LogP contribution in [0, 0.1) is 5.92 Å². The summed E-state index contributed by atoms with van der Waals surface area (Å²) in [6, 6.07) is 2.19. The molecule has 0 aliphatic heterocycles. The third-order valence-corrected chi connectivity index (χ3v) is 4.16. The lowest BCUT2D eigenvalue weighted by atomic mass is 9.84. The lowest BCUT2D eigenvalue weighted by Crippen LogP contribution is -2.30. The topological polar surface area (TPSA) is 51.2 Å². The summed E-state index contributed by atoms with van der Waals surface area (Å²) in [4.78, 5) is 0. The van der Waals surface area contributed by atoms with Crippen LogP contribution in [0.5, 0.6) is 0 Å². The Morgan fingerprint density at radius 2 is 2.19 bits per heavy atom. The second kappa shape index (κ2) is 5.84. The lowest BCUT2D eigenvalue weighted by Gasteiger charge is -2.25. The van der Waals surface area contributed by atoms with Crippen LogP contribution in [-0.4, -0.2) is 0 Å². The molecule has 1 fully saturated rings. The van der Waals surface area contributed by atoms with Crippen molar-refractivity contribution in [2.24, 2.45) is 11.8 Å². The summed E-state index contributed by atoms with van der Waals surface area (Å²) in [5.41, 5.74) is 4.04. The Morgan fingerprint density at radius 1 is 1.44 bits per heavy atom. The van der Waals surface area contributed by atoms with Gasteiger partial charge in [-0.25, -0.2) is 0 Å². The van der Waals surface area contributed by atoms with Gasteiger partial charge in [-0.15, -0.1) is 0 Å². The van der Waals surface area contributed by atoms with Crippen molar-refractivity contribution in [1.29, 1.82) is 0 Å². The predicted molar refractivity (Wildman–Crippen MR) is 67.7 cm³/mol. The van der Waals surface area contributed by atoms with Gasteiger partial charge in [0, 0.05) is 5.56 Å². The van der Waals surface area contributed by atoms with Gasteiger partial charge in [0.05, 0.1) is 12.3 Å². The van der Waals surface area contributed by atoms with Crippen LogP contribution in [0.1, 0.15) is 50.1 Å². The molecule has 2 rings (SSSR count). The standard InChI is InChI=1S/C12H19BrN2O/c13-12-10(6-7-16-12)11(15-14)8-9-4-2-1-3-5-9/h6-7,9,11,15H,1-5,8,14H2. The van der Waals surface area contributed by atoms with E-state index in [1.807, 2.05) is 6.07 Å². The molecule has 4 heteroatoms. The molecule has 0 spiro atoms. The van der Waals surface area contributed by atoms with Crippen LogP contribution in [-0.2, 0) is 0 Å². The first-order valence-electron chi connectivity index (χ1n) is 6.00. The average Bonchev–Trinajstić information content (AvgIpc) is 2.74. The smallest absolute Gasteiger partial charge is 0.173 e. The van der Waals surface area contributed by atoms with E-state index in [9.17, 15) is 0 Å². The minimum atomic E-state index is 0.205. The zero-order valence-corrected chi connectivity index (χ0v) is 11.0. The quantitative estimate of drug-likeness (QED) is 0.658. The van der Waals surface area contributed by atoms with E-state index in [4.69, 9.17) is 10.3 Å². The molecule has 0 saturated heterocycles. The van der Waals surface area contributed by atoms with Crippen molar-refractivity contribution < 1.29 is 4.42 Å². The summed E-state index contributed by atoms with van der Waals surface area (Å²) in [5, 5.41) is 0. The second-order valence-corrected chi connectivity index (χ2v) is 5.33. The highest BCUT2D eigenvalue weighted by atomic mass is 79.9.